The Labute approximate surface area is 118 Å². The number of nitrogens with one attached hydrogen (secondary N) is 2. The third-order valence-corrected chi connectivity index (χ3v) is 2.76. The van der Waals surface area contributed by atoms with Crippen molar-refractivity contribution in [3.8, 4) is 0 Å². The first-order chi connectivity index (χ1) is 9.67. The molecule has 0 aromatic heterocycles. The Hall–Kier alpha value is -2.08. The molecular formula is C14H21N3O3. The van der Waals surface area contributed by atoms with Gasteiger partial charge in [-0.1, -0.05) is 30.3 Å². The lowest BCUT2D eigenvalue weighted by atomic mass is 10.1. The zero-order valence-corrected chi connectivity index (χ0v) is 11.6. The van der Waals surface area contributed by atoms with E-state index in [1.165, 1.54) is 7.05 Å². The molecule has 0 spiro atoms. The van der Waals surface area contributed by atoms with E-state index in [0.29, 0.717) is 19.4 Å². The molecule has 0 heterocycles. The number of ether oxygens (including phenoxy) is 1. The van der Waals surface area contributed by atoms with Gasteiger partial charge in [-0.15, -0.1) is 0 Å². The minimum Gasteiger partial charge on any atom is -0.445 e. The van der Waals surface area contributed by atoms with Gasteiger partial charge in [-0.05, 0) is 24.9 Å². The van der Waals surface area contributed by atoms with Crippen molar-refractivity contribution in [3.63, 3.8) is 0 Å². The number of hydrogen-bond acceptors (Lipinski definition) is 4. The molecule has 0 fully saturated rings. The summed E-state index contributed by atoms with van der Waals surface area (Å²) in [4.78, 5) is 23.3. The second kappa shape index (κ2) is 8.92. The Bertz CT molecular complexity index is 423. The van der Waals surface area contributed by atoms with E-state index in [0.717, 1.165) is 5.56 Å². The third kappa shape index (κ3) is 5.71. The highest BCUT2D eigenvalue weighted by atomic mass is 16.5. The maximum absolute atomic E-state index is 11.7. The summed E-state index contributed by atoms with van der Waals surface area (Å²) in [5, 5.41) is 5.05. The fourth-order valence-corrected chi connectivity index (χ4v) is 1.67. The van der Waals surface area contributed by atoms with E-state index < -0.39 is 12.1 Å². The van der Waals surface area contributed by atoms with Crippen LogP contribution in [0, 0.1) is 0 Å². The van der Waals surface area contributed by atoms with Crippen LogP contribution in [0.15, 0.2) is 30.3 Å². The van der Waals surface area contributed by atoms with E-state index in [1.54, 1.807) is 0 Å². The topological polar surface area (TPSA) is 93.5 Å². The minimum absolute atomic E-state index is 0.171. The van der Waals surface area contributed by atoms with Crippen LogP contribution in [0.5, 0.6) is 0 Å². The number of nitrogens with two attached hydrogens (primary N) is 1. The summed E-state index contributed by atoms with van der Waals surface area (Å²) in [7, 11) is 1.52. The number of carbonyl (C=O) groups excluding carboxylic acids is 2. The average molecular weight is 279 g/mol. The van der Waals surface area contributed by atoms with Gasteiger partial charge in [-0.25, -0.2) is 4.79 Å². The lowest BCUT2D eigenvalue weighted by Crippen LogP contribution is -2.46. The van der Waals surface area contributed by atoms with Crippen LogP contribution in [0.4, 0.5) is 4.79 Å². The molecule has 20 heavy (non-hydrogen) atoms. The molecule has 0 aliphatic heterocycles. The first kappa shape index (κ1) is 16.0. The van der Waals surface area contributed by atoms with Gasteiger partial charge in [0.1, 0.15) is 12.6 Å². The summed E-state index contributed by atoms with van der Waals surface area (Å²) in [5.41, 5.74) is 6.30. The highest BCUT2D eigenvalue weighted by Crippen LogP contribution is 2.02. The molecule has 1 aromatic carbocycles. The van der Waals surface area contributed by atoms with Crippen LogP contribution in [0.3, 0.4) is 0 Å². The molecule has 0 saturated heterocycles. The smallest absolute Gasteiger partial charge is 0.408 e. The molecule has 6 nitrogen and oxygen atoms in total. The molecule has 4 N–H and O–H groups in total. The first-order valence-electron chi connectivity index (χ1n) is 6.56. The standard InChI is InChI=1S/C14H21N3O3/c1-16-13(18)12(8-5-9-15)17-14(19)20-10-11-6-3-2-4-7-11/h2-4,6-7,12H,5,8-10,15H2,1H3,(H,16,18)(H,17,19)/t12-/m0/s1. The second-order valence-corrected chi connectivity index (χ2v) is 4.30. The van der Waals surface area contributed by atoms with Crippen molar-refractivity contribution >= 4 is 12.0 Å². The summed E-state index contributed by atoms with van der Waals surface area (Å²) in [6.45, 7) is 0.637. The first-order valence-corrected chi connectivity index (χ1v) is 6.56. The lowest BCUT2D eigenvalue weighted by Gasteiger charge is -2.16. The zero-order valence-electron chi connectivity index (χ0n) is 11.6. The van der Waals surface area contributed by atoms with Gasteiger partial charge in [0.05, 0.1) is 0 Å². The molecular weight excluding hydrogens is 258 g/mol. The summed E-state index contributed by atoms with van der Waals surface area (Å²) in [6.07, 6.45) is 0.521. The molecule has 0 aliphatic carbocycles. The van der Waals surface area contributed by atoms with Crippen molar-refractivity contribution in [3.05, 3.63) is 35.9 Å². The Morgan fingerprint density at radius 1 is 1.30 bits per heavy atom. The van der Waals surface area contributed by atoms with Gasteiger partial charge in [0.25, 0.3) is 0 Å². The summed E-state index contributed by atoms with van der Waals surface area (Å²) < 4.78 is 5.07. The normalized spacial score (nSPS) is 11.5. The molecule has 1 atom stereocenters. The van der Waals surface area contributed by atoms with Crippen LogP contribution >= 0.6 is 0 Å². The van der Waals surface area contributed by atoms with E-state index >= 15 is 0 Å². The van der Waals surface area contributed by atoms with Gasteiger partial charge < -0.3 is 21.1 Å². The van der Waals surface area contributed by atoms with Gasteiger partial charge in [0.2, 0.25) is 5.91 Å². The lowest BCUT2D eigenvalue weighted by molar-refractivity contribution is -0.122. The zero-order chi connectivity index (χ0) is 14.8. The fraction of sp³-hybridized carbons (Fsp3) is 0.429. The largest absolute Gasteiger partial charge is 0.445 e. The third-order valence-electron chi connectivity index (χ3n) is 2.76. The molecule has 0 radical (unpaired) electrons. The molecule has 0 bridgehead atoms. The van der Waals surface area contributed by atoms with Crippen molar-refractivity contribution in [2.24, 2.45) is 5.73 Å². The highest BCUT2D eigenvalue weighted by molar-refractivity contribution is 5.85. The van der Waals surface area contributed by atoms with Crippen LogP contribution in [0.2, 0.25) is 0 Å². The minimum atomic E-state index is -0.619. The molecule has 0 saturated carbocycles. The van der Waals surface area contributed by atoms with Crippen molar-refractivity contribution < 1.29 is 14.3 Å². The van der Waals surface area contributed by atoms with Crippen molar-refractivity contribution in [2.45, 2.75) is 25.5 Å². The van der Waals surface area contributed by atoms with Gasteiger partial charge in [-0.2, -0.15) is 0 Å². The van der Waals surface area contributed by atoms with Crippen LogP contribution in [-0.4, -0.2) is 31.6 Å². The molecule has 0 aliphatic rings. The molecule has 110 valence electrons. The van der Waals surface area contributed by atoms with Gasteiger partial charge in [-0.3, -0.25) is 4.79 Å². The Morgan fingerprint density at radius 3 is 2.60 bits per heavy atom. The summed E-state index contributed by atoms with van der Waals surface area (Å²) in [5.74, 6) is -0.255. The predicted molar refractivity (Wildman–Crippen MR) is 75.9 cm³/mol. The van der Waals surface area contributed by atoms with E-state index in [9.17, 15) is 9.59 Å². The van der Waals surface area contributed by atoms with Gasteiger partial charge in [0.15, 0.2) is 0 Å². The second-order valence-electron chi connectivity index (χ2n) is 4.30. The molecule has 1 aromatic rings. The Balaban J connectivity index is 2.43. The van der Waals surface area contributed by atoms with Gasteiger partial charge in [0, 0.05) is 7.05 Å². The van der Waals surface area contributed by atoms with Crippen LogP contribution in [0.1, 0.15) is 18.4 Å². The SMILES string of the molecule is CNC(=O)[C@H](CCCN)NC(=O)OCc1ccccc1. The molecule has 6 heteroatoms. The van der Waals surface area contributed by atoms with Crippen LogP contribution in [0.25, 0.3) is 0 Å². The molecule has 2 amide bonds. The Kier molecular flexibility index (Phi) is 7.13. The van der Waals surface area contributed by atoms with E-state index in [4.69, 9.17) is 10.5 Å². The Morgan fingerprint density at radius 2 is 2.00 bits per heavy atom. The monoisotopic (exact) mass is 279 g/mol. The van der Waals surface area contributed by atoms with Crippen LogP contribution in [-0.2, 0) is 16.1 Å². The van der Waals surface area contributed by atoms with Crippen molar-refractivity contribution in [1.29, 1.82) is 0 Å². The van der Waals surface area contributed by atoms with Crippen molar-refractivity contribution in [1.82, 2.24) is 10.6 Å². The van der Waals surface area contributed by atoms with E-state index in [-0.39, 0.29) is 12.5 Å². The quantitative estimate of drug-likeness (QED) is 0.687. The summed E-state index contributed by atoms with van der Waals surface area (Å²) >= 11 is 0. The molecule has 0 unspecified atom stereocenters. The highest BCUT2D eigenvalue weighted by Gasteiger charge is 2.19. The number of benzene rings is 1. The van der Waals surface area contributed by atoms with Crippen molar-refractivity contribution in [2.75, 3.05) is 13.6 Å². The average Bonchev–Trinajstić information content (AvgIpc) is 2.49. The maximum Gasteiger partial charge on any atom is 0.408 e. The number of rotatable bonds is 7. The molecule has 1 rings (SSSR count). The van der Waals surface area contributed by atoms with E-state index in [1.807, 2.05) is 30.3 Å². The summed E-state index contributed by atoms with van der Waals surface area (Å²) in [6, 6.07) is 8.72. The van der Waals surface area contributed by atoms with Gasteiger partial charge >= 0.3 is 6.09 Å². The van der Waals surface area contributed by atoms with E-state index in [2.05, 4.69) is 10.6 Å². The number of carbonyl (C=O) groups is 2. The van der Waals surface area contributed by atoms with Crippen LogP contribution < -0.4 is 16.4 Å². The number of amides is 2. The predicted octanol–water partition coefficient (Wildman–Crippen LogP) is 0.766. The number of hydrogen-bond donors (Lipinski definition) is 3. The number of alkyl carbamates (subject to hydrolysis) is 1. The maximum atomic E-state index is 11.7. The number of likely N-dealkylation sites (N-methyl/N-ethyl adjacent to an activating group) is 1. The fourth-order valence-electron chi connectivity index (χ4n) is 1.67.